The summed E-state index contributed by atoms with van der Waals surface area (Å²) in [5.74, 6) is -0.100. The first-order valence-electron chi connectivity index (χ1n) is 5.91. The summed E-state index contributed by atoms with van der Waals surface area (Å²) in [5, 5.41) is 2.38. The molecule has 5 nitrogen and oxygen atoms in total. The molecule has 0 bridgehead atoms. The van der Waals surface area contributed by atoms with Gasteiger partial charge in [0.15, 0.2) is 17.2 Å². The van der Waals surface area contributed by atoms with Gasteiger partial charge in [-0.15, -0.1) is 11.3 Å². The lowest BCUT2D eigenvalue weighted by molar-refractivity contribution is -0.141. The number of rotatable bonds is 4. The fourth-order valence-electron chi connectivity index (χ4n) is 1.71. The Balaban J connectivity index is 2.25. The Kier molecular flexibility index (Phi) is 4.55. The molecule has 0 fully saturated rings. The molecule has 0 aliphatic heterocycles. The molecule has 0 radical (unpaired) electrons. The Bertz CT molecular complexity index is 685. The predicted octanol–water partition coefficient (Wildman–Crippen LogP) is 3.43. The van der Waals surface area contributed by atoms with E-state index in [1.54, 1.807) is 0 Å². The maximum absolute atomic E-state index is 12.7. The van der Waals surface area contributed by atoms with Crippen molar-refractivity contribution in [3.05, 3.63) is 34.3 Å². The van der Waals surface area contributed by atoms with Crippen molar-refractivity contribution in [1.29, 1.82) is 0 Å². The molecule has 1 aromatic heterocycles. The zero-order chi connectivity index (χ0) is 16.3. The van der Waals surface area contributed by atoms with Crippen LogP contribution in [-0.4, -0.2) is 25.1 Å². The highest BCUT2D eigenvalue weighted by Crippen LogP contribution is 2.34. The smallest absolute Gasteiger partial charge is 0.434 e. The van der Waals surface area contributed by atoms with E-state index < -0.39 is 22.7 Å². The summed E-state index contributed by atoms with van der Waals surface area (Å²) in [7, 11) is 2.86. The number of hydrogen-bond donors (Lipinski definition) is 1. The first kappa shape index (κ1) is 16.1. The van der Waals surface area contributed by atoms with Crippen LogP contribution in [-0.2, 0) is 6.18 Å². The van der Waals surface area contributed by atoms with E-state index in [9.17, 15) is 18.0 Å². The second kappa shape index (κ2) is 6.22. The largest absolute Gasteiger partial charge is 0.493 e. The summed E-state index contributed by atoms with van der Waals surface area (Å²) in [6, 6.07) is 4.48. The quantitative estimate of drug-likeness (QED) is 0.932. The van der Waals surface area contributed by atoms with E-state index >= 15 is 0 Å². The number of nitrogens with zero attached hydrogens (tertiary/aromatic N) is 1. The molecule has 118 valence electrons. The third-order valence-corrected chi connectivity index (χ3v) is 3.51. The highest BCUT2D eigenvalue weighted by Gasteiger charge is 2.38. The van der Waals surface area contributed by atoms with Crippen LogP contribution in [0.3, 0.4) is 0 Å². The molecule has 0 spiro atoms. The second-order valence-corrected chi connectivity index (χ2v) is 4.91. The molecule has 1 heterocycles. The average molecular weight is 332 g/mol. The van der Waals surface area contributed by atoms with Gasteiger partial charge >= 0.3 is 6.18 Å². The van der Waals surface area contributed by atoms with Crippen LogP contribution in [0.4, 0.5) is 18.9 Å². The number of alkyl halides is 3. The van der Waals surface area contributed by atoms with Gasteiger partial charge in [-0.3, -0.25) is 4.79 Å². The lowest BCUT2D eigenvalue weighted by Crippen LogP contribution is -2.17. The normalized spacial score (nSPS) is 11.1. The maximum Gasteiger partial charge on any atom is 0.434 e. The molecule has 0 saturated carbocycles. The average Bonchev–Trinajstić information content (AvgIpc) is 2.96. The number of anilines is 1. The summed E-state index contributed by atoms with van der Waals surface area (Å²) in [4.78, 5) is 14.7. The van der Waals surface area contributed by atoms with E-state index in [1.807, 2.05) is 0 Å². The van der Waals surface area contributed by atoms with Crippen molar-refractivity contribution in [2.75, 3.05) is 19.5 Å². The number of carbonyl (C=O) groups is 1. The van der Waals surface area contributed by atoms with Crippen LogP contribution < -0.4 is 14.8 Å². The first-order valence-corrected chi connectivity index (χ1v) is 6.79. The molecule has 0 aliphatic rings. The monoisotopic (exact) mass is 332 g/mol. The number of amides is 1. The Morgan fingerprint density at radius 1 is 1.23 bits per heavy atom. The molecule has 0 atom stereocenters. The fourth-order valence-corrected chi connectivity index (χ4v) is 2.41. The topological polar surface area (TPSA) is 60.5 Å². The van der Waals surface area contributed by atoms with Gasteiger partial charge in [0.1, 0.15) is 4.88 Å². The van der Waals surface area contributed by atoms with Gasteiger partial charge in [0.05, 0.1) is 19.7 Å². The van der Waals surface area contributed by atoms with Gasteiger partial charge in [0, 0.05) is 11.8 Å². The van der Waals surface area contributed by atoms with E-state index in [1.165, 1.54) is 32.4 Å². The zero-order valence-corrected chi connectivity index (χ0v) is 12.3. The number of aromatic nitrogens is 1. The summed E-state index contributed by atoms with van der Waals surface area (Å²) in [6.07, 6.45) is -4.68. The number of carbonyl (C=O) groups excluding carboxylic acids is 1. The van der Waals surface area contributed by atoms with Crippen molar-refractivity contribution in [3.8, 4) is 11.5 Å². The summed E-state index contributed by atoms with van der Waals surface area (Å²) >= 11 is 0.622. The SMILES string of the molecule is COc1ccc(NC(=O)c2scnc2C(F)(F)F)cc1OC. The molecule has 22 heavy (non-hydrogen) atoms. The highest BCUT2D eigenvalue weighted by molar-refractivity contribution is 7.12. The van der Waals surface area contributed by atoms with E-state index in [4.69, 9.17) is 9.47 Å². The van der Waals surface area contributed by atoms with Gasteiger partial charge in [-0.1, -0.05) is 0 Å². The maximum atomic E-state index is 12.7. The molecular formula is C13H11F3N2O3S. The molecule has 0 unspecified atom stereocenters. The lowest BCUT2D eigenvalue weighted by Gasteiger charge is -2.11. The van der Waals surface area contributed by atoms with Gasteiger partial charge in [-0.2, -0.15) is 13.2 Å². The molecule has 9 heteroatoms. The number of ether oxygens (including phenoxy) is 2. The fraction of sp³-hybridized carbons (Fsp3) is 0.231. The number of benzene rings is 1. The van der Waals surface area contributed by atoms with Crippen molar-refractivity contribution in [1.82, 2.24) is 4.98 Å². The van der Waals surface area contributed by atoms with Crippen LogP contribution >= 0.6 is 11.3 Å². The summed E-state index contributed by atoms with van der Waals surface area (Å²) < 4.78 is 48.3. The Morgan fingerprint density at radius 2 is 1.91 bits per heavy atom. The molecule has 1 aromatic carbocycles. The van der Waals surface area contributed by atoms with Crippen molar-refractivity contribution in [3.63, 3.8) is 0 Å². The van der Waals surface area contributed by atoms with Crippen LogP contribution in [0.5, 0.6) is 11.5 Å². The molecule has 2 rings (SSSR count). The first-order chi connectivity index (χ1) is 10.4. The minimum Gasteiger partial charge on any atom is -0.493 e. The minimum atomic E-state index is -4.68. The molecule has 0 saturated heterocycles. The second-order valence-electron chi connectivity index (χ2n) is 4.05. The van der Waals surface area contributed by atoms with Crippen molar-refractivity contribution in [2.24, 2.45) is 0 Å². The molecule has 1 amide bonds. The van der Waals surface area contributed by atoms with Gasteiger partial charge in [-0.05, 0) is 12.1 Å². The molecule has 1 N–H and O–H groups in total. The van der Waals surface area contributed by atoms with Gasteiger partial charge in [0.2, 0.25) is 0 Å². The summed E-state index contributed by atoms with van der Waals surface area (Å²) in [6.45, 7) is 0. The molecular weight excluding hydrogens is 321 g/mol. The minimum absolute atomic E-state index is 0.282. The highest BCUT2D eigenvalue weighted by atomic mass is 32.1. The standard InChI is InChI=1S/C13H11F3N2O3S/c1-20-8-4-3-7(5-9(8)21-2)18-12(19)10-11(13(14,15)16)17-6-22-10/h3-6H,1-2H3,(H,18,19). The van der Waals surface area contributed by atoms with Crippen LogP contribution in [0.1, 0.15) is 15.4 Å². The van der Waals surface area contributed by atoms with E-state index in [0.717, 1.165) is 5.51 Å². The lowest BCUT2D eigenvalue weighted by atomic mass is 10.2. The number of methoxy groups -OCH3 is 2. The number of hydrogen-bond acceptors (Lipinski definition) is 5. The van der Waals surface area contributed by atoms with Crippen LogP contribution in [0.15, 0.2) is 23.7 Å². The summed E-state index contributed by atoms with van der Waals surface area (Å²) in [5.41, 5.74) is 0.0615. The van der Waals surface area contributed by atoms with Gasteiger partial charge in [-0.25, -0.2) is 4.98 Å². The van der Waals surface area contributed by atoms with Crippen LogP contribution in [0.2, 0.25) is 0 Å². The predicted molar refractivity (Wildman–Crippen MR) is 74.6 cm³/mol. The third-order valence-electron chi connectivity index (χ3n) is 2.68. The number of halogens is 3. The Hall–Kier alpha value is -2.29. The Labute approximate surface area is 127 Å². The third kappa shape index (κ3) is 3.30. The molecule has 2 aromatic rings. The zero-order valence-electron chi connectivity index (χ0n) is 11.5. The number of nitrogens with one attached hydrogen (secondary N) is 1. The van der Waals surface area contributed by atoms with E-state index in [0.29, 0.717) is 22.8 Å². The van der Waals surface area contributed by atoms with Crippen molar-refractivity contribution >= 4 is 22.9 Å². The Morgan fingerprint density at radius 3 is 2.50 bits per heavy atom. The van der Waals surface area contributed by atoms with E-state index in [-0.39, 0.29) is 5.69 Å². The van der Waals surface area contributed by atoms with Crippen molar-refractivity contribution in [2.45, 2.75) is 6.18 Å². The van der Waals surface area contributed by atoms with Crippen molar-refractivity contribution < 1.29 is 27.4 Å². The number of thiazole rings is 1. The van der Waals surface area contributed by atoms with E-state index in [2.05, 4.69) is 10.3 Å². The molecule has 0 aliphatic carbocycles. The van der Waals surface area contributed by atoms with Gasteiger partial charge < -0.3 is 14.8 Å². The van der Waals surface area contributed by atoms with Crippen LogP contribution in [0, 0.1) is 0 Å². The van der Waals surface area contributed by atoms with Gasteiger partial charge in [0.25, 0.3) is 5.91 Å². The van der Waals surface area contributed by atoms with Crippen LogP contribution in [0.25, 0.3) is 0 Å².